The minimum Gasteiger partial charge on any atom is -0.340 e. The molecule has 152 valence electrons. The minimum absolute atomic E-state index is 0.0431. The lowest BCUT2D eigenvalue weighted by Crippen LogP contribution is -2.38. The van der Waals surface area contributed by atoms with Gasteiger partial charge in [0, 0.05) is 37.0 Å². The number of hydrogen-bond acceptors (Lipinski definition) is 4. The summed E-state index contributed by atoms with van der Waals surface area (Å²) in [6.45, 7) is 1.70. The molecule has 1 saturated heterocycles. The molecule has 0 N–H and O–H groups in total. The summed E-state index contributed by atoms with van der Waals surface area (Å²) in [5, 5.41) is 1.16. The molecule has 2 aromatic carbocycles. The van der Waals surface area contributed by atoms with Crippen LogP contribution in [0.4, 0.5) is 0 Å². The van der Waals surface area contributed by atoms with Gasteiger partial charge in [0.15, 0.2) is 5.43 Å². The van der Waals surface area contributed by atoms with Crippen molar-refractivity contribution in [2.45, 2.75) is 13.0 Å². The van der Waals surface area contributed by atoms with Crippen LogP contribution in [0.15, 0.2) is 53.3 Å². The van der Waals surface area contributed by atoms with E-state index in [2.05, 4.69) is 0 Å². The molecule has 1 aromatic heterocycles. The fraction of sp³-hybridized carbons (Fsp3) is 0.333. The van der Waals surface area contributed by atoms with E-state index in [4.69, 9.17) is 0 Å². The summed E-state index contributed by atoms with van der Waals surface area (Å²) in [6.07, 6.45) is 1.80. The number of sulfonamides is 1. The molecule has 0 radical (unpaired) electrons. The molecule has 0 saturated carbocycles. The zero-order chi connectivity index (χ0) is 20.6. The van der Waals surface area contributed by atoms with Crippen molar-refractivity contribution in [2.24, 2.45) is 0 Å². The fourth-order valence-corrected chi connectivity index (χ4v) is 4.83. The van der Waals surface area contributed by atoms with Gasteiger partial charge in [-0.1, -0.05) is 24.3 Å². The van der Waals surface area contributed by atoms with Gasteiger partial charge >= 0.3 is 0 Å². The number of aromatic nitrogens is 1. The van der Waals surface area contributed by atoms with E-state index in [0.29, 0.717) is 43.4 Å². The zero-order valence-corrected chi connectivity index (χ0v) is 17.1. The maximum atomic E-state index is 13.1. The number of fused-ring (bicyclic) bond motifs is 2. The van der Waals surface area contributed by atoms with Gasteiger partial charge in [0.25, 0.3) is 0 Å². The second-order valence-corrected chi connectivity index (χ2v) is 9.33. The molecule has 1 amide bonds. The Bertz CT molecular complexity index is 1190. The molecule has 1 fully saturated rings. The minimum atomic E-state index is -3.26. The standard InChI is InChI=1S/C21H23N3O4S/c1-29(27,28)23-12-6-11-22(13-14-23)20(25)15-24-18-9-4-2-7-16(18)21(26)17-8-3-5-10-19(17)24/h2-5,7-10H,6,11-15H2,1H3. The van der Waals surface area contributed by atoms with Gasteiger partial charge in [-0.3, -0.25) is 9.59 Å². The molecule has 0 atom stereocenters. The number of amides is 1. The number of para-hydroxylation sites is 2. The van der Waals surface area contributed by atoms with Crippen LogP contribution in [0.25, 0.3) is 21.8 Å². The predicted octanol–water partition coefficient (Wildman–Crippen LogP) is 1.65. The monoisotopic (exact) mass is 413 g/mol. The van der Waals surface area contributed by atoms with E-state index in [0.717, 1.165) is 11.0 Å². The van der Waals surface area contributed by atoms with Gasteiger partial charge in [0.05, 0.1) is 17.3 Å². The molecule has 8 heteroatoms. The van der Waals surface area contributed by atoms with Crippen LogP contribution < -0.4 is 5.43 Å². The molecule has 1 aliphatic rings. The molecule has 4 rings (SSSR count). The largest absolute Gasteiger partial charge is 0.340 e. The van der Waals surface area contributed by atoms with Gasteiger partial charge in [-0.05, 0) is 30.7 Å². The quantitative estimate of drug-likeness (QED) is 0.612. The van der Waals surface area contributed by atoms with E-state index in [1.54, 1.807) is 17.0 Å². The number of hydrogen-bond donors (Lipinski definition) is 0. The van der Waals surface area contributed by atoms with Gasteiger partial charge in [-0.2, -0.15) is 0 Å². The number of carbonyl (C=O) groups excluding carboxylic acids is 1. The Morgan fingerprint density at radius 2 is 1.48 bits per heavy atom. The fourth-order valence-electron chi connectivity index (χ4n) is 3.96. The predicted molar refractivity (Wildman–Crippen MR) is 113 cm³/mol. The van der Waals surface area contributed by atoms with Crippen molar-refractivity contribution in [1.29, 1.82) is 0 Å². The SMILES string of the molecule is CS(=O)(=O)N1CCCN(C(=O)Cn2c3ccccc3c(=O)c3ccccc32)CC1. The number of rotatable bonds is 3. The van der Waals surface area contributed by atoms with Crippen molar-refractivity contribution in [3.63, 3.8) is 0 Å². The number of nitrogens with zero attached hydrogens (tertiary/aromatic N) is 3. The van der Waals surface area contributed by atoms with E-state index in [-0.39, 0.29) is 17.9 Å². The van der Waals surface area contributed by atoms with Crippen LogP contribution >= 0.6 is 0 Å². The van der Waals surface area contributed by atoms with Gasteiger partial charge in [-0.15, -0.1) is 0 Å². The van der Waals surface area contributed by atoms with E-state index in [9.17, 15) is 18.0 Å². The summed E-state index contributed by atoms with van der Waals surface area (Å²) in [5.74, 6) is -0.0840. The molecule has 0 spiro atoms. The first-order valence-corrected chi connectivity index (χ1v) is 11.4. The van der Waals surface area contributed by atoms with Crippen molar-refractivity contribution in [3.8, 4) is 0 Å². The van der Waals surface area contributed by atoms with E-state index in [1.807, 2.05) is 41.0 Å². The first kappa shape index (κ1) is 19.6. The second-order valence-electron chi connectivity index (χ2n) is 7.35. The van der Waals surface area contributed by atoms with Crippen LogP contribution in [0.2, 0.25) is 0 Å². The second kappa shape index (κ2) is 7.61. The normalized spacial score (nSPS) is 16.2. The third kappa shape index (κ3) is 3.77. The van der Waals surface area contributed by atoms with Crippen LogP contribution in [0.5, 0.6) is 0 Å². The molecule has 0 aliphatic carbocycles. The van der Waals surface area contributed by atoms with Crippen molar-refractivity contribution in [2.75, 3.05) is 32.4 Å². The van der Waals surface area contributed by atoms with Gasteiger partial charge in [0.2, 0.25) is 15.9 Å². The average molecular weight is 413 g/mol. The highest BCUT2D eigenvalue weighted by atomic mass is 32.2. The number of carbonyl (C=O) groups is 1. The molecule has 0 unspecified atom stereocenters. The van der Waals surface area contributed by atoms with Crippen LogP contribution in [-0.4, -0.2) is 60.5 Å². The lowest BCUT2D eigenvalue weighted by Gasteiger charge is -2.23. The maximum Gasteiger partial charge on any atom is 0.242 e. The van der Waals surface area contributed by atoms with E-state index < -0.39 is 10.0 Å². The van der Waals surface area contributed by atoms with Gasteiger partial charge in [-0.25, -0.2) is 12.7 Å². The van der Waals surface area contributed by atoms with Crippen LogP contribution in [0, 0.1) is 0 Å². The molecule has 29 heavy (non-hydrogen) atoms. The van der Waals surface area contributed by atoms with E-state index in [1.165, 1.54) is 10.6 Å². The molecule has 2 heterocycles. The third-order valence-corrected chi connectivity index (χ3v) is 6.75. The lowest BCUT2D eigenvalue weighted by atomic mass is 10.1. The lowest BCUT2D eigenvalue weighted by molar-refractivity contribution is -0.131. The molecular formula is C21H23N3O4S. The summed E-state index contributed by atoms with van der Waals surface area (Å²) in [7, 11) is -3.26. The van der Waals surface area contributed by atoms with Gasteiger partial charge in [0.1, 0.15) is 6.54 Å². The Balaban J connectivity index is 1.69. The first-order chi connectivity index (χ1) is 13.9. The van der Waals surface area contributed by atoms with Crippen molar-refractivity contribution < 1.29 is 13.2 Å². The Morgan fingerprint density at radius 1 is 0.897 bits per heavy atom. The van der Waals surface area contributed by atoms with E-state index >= 15 is 0 Å². The zero-order valence-electron chi connectivity index (χ0n) is 16.2. The molecule has 1 aliphatic heterocycles. The Morgan fingerprint density at radius 3 is 2.07 bits per heavy atom. The first-order valence-electron chi connectivity index (χ1n) is 9.59. The van der Waals surface area contributed by atoms with Crippen LogP contribution in [-0.2, 0) is 21.4 Å². The highest BCUT2D eigenvalue weighted by Crippen LogP contribution is 2.19. The van der Waals surface area contributed by atoms with Gasteiger partial charge < -0.3 is 9.47 Å². The molecule has 0 bridgehead atoms. The summed E-state index contributed by atoms with van der Waals surface area (Å²) < 4.78 is 26.9. The smallest absolute Gasteiger partial charge is 0.242 e. The van der Waals surface area contributed by atoms with Crippen molar-refractivity contribution in [3.05, 3.63) is 58.8 Å². The number of benzene rings is 2. The molecule has 3 aromatic rings. The summed E-state index contributed by atoms with van der Waals surface area (Å²) in [4.78, 5) is 27.7. The van der Waals surface area contributed by atoms with Crippen LogP contribution in [0.3, 0.4) is 0 Å². The third-order valence-electron chi connectivity index (χ3n) is 5.45. The Kier molecular flexibility index (Phi) is 5.14. The molecular weight excluding hydrogens is 390 g/mol. The van der Waals surface area contributed by atoms with Crippen molar-refractivity contribution >= 4 is 37.7 Å². The number of pyridine rings is 1. The summed E-state index contributed by atoms with van der Waals surface area (Å²) in [6, 6.07) is 14.6. The average Bonchev–Trinajstić information content (AvgIpc) is 2.97. The van der Waals surface area contributed by atoms with Crippen LogP contribution in [0.1, 0.15) is 6.42 Å². The Hall–Kier alpha value is -2.71. The molecule has 7 nitrogen and oxygen atoms in total. The highest BCUT2D eigenvalue weighted by Gasteiger charge is 2.24. The highest BCUT2D eigenvalue weighted by molar-refractivity contribution is 7.88. The topological polar surface area (TPSA) is 79.7 Å². The Labute approximate surface area is 169 Å². The van der Waals surface area contributed by atoms with Crippen molar-refractivity contribution in [1.82, 2.24) is 13.8 Å². The maximum absolute atomic E-state index is 13.1. The summed E-state index contributed by atoms with van der Waals surface area (Å²) in [5.41, 5.74) is 1.40. The summed E-state index contributed by atoms with van der Waals surface area (Å²) >= 11 is 0.